The van der Waals surface area contributed by atoms with Gasteiger partial charge in [0.15, 0.2) is 0 Å². The molecule has 3 nitrogen and oxygen atoms in total. The molecule has 0 unspecified atom stereocenters. The van der Waals surface area contributed by atoms with Crippen molar-refractivity contribution in [3.63, 3.8) is 0 Å². The normalized spacial score (nSPS) is 10.5. The molecule has 1 aromatic rings. The topological polar surface area (TPSA) is 37.2 Å². The second kappa shape index (κ2) is 4.95. The monoisotopic (exact) mass is 168 g/mol. The number of aliphatic hydroxyl groups is 1. The molecule has 1 aromatic heterocycles. The van der Waals surface area contributed by atoms with Crippen LogP contribution in [0.5, 0.6) is 0 Å². The zero-order valence-corrected chi connectivity index (χ0v) is 7.45. The predicted octanol–water partition coefficient (Wildman–Crippen LogP) is 0.590. The van der Waals surface area contributed by atoms with Crippen molar-refractivity contribution in [1.29, 1.82) is 0 Å². The zero-order valence-electron chi connectivity index (χ0n) is 7.45. The summed E-state index contributed by atoms with van der Waals surface area (Å²) in [5.41, 5.74) is 1.23. The molecular formula is C9H16N2O. The van der Waals surface area contributed by atoms with Gasteiger partial charge in [0.25, 0.3) is 0 Å². The van der Waals surface area contributed by atoms with Crippen molar-refractivity contribution >= 4 is 0 Å². The van der Waals surface area contributed by atoms with Crippen LogP contribution in [0.3, 0.4) is 0 Å². The highest BCUT2D eigenvalue weighted by atomic mass is 16.3. The lowest BCUT2D eigenvalue weighted by Crippen LogP contribution is -2.15. The number of nitrogens with one attached hydrogen (secondary N) is 1. The van der Waals surface area contributed by atoms with Crippen LogP contribution in [0.1, 0.15) is 12.6 Å². The molecule has 0 radical (unpaired) electrons. The summed E-state index contributed by atoms with van der Waals surface area (Å²) in [6.07, 6.45) is 1.99. The van der Waals surface area contributed by atoms with Crippen molar-refractivity contribution in [2.45, 2.75) is 20.0 Å². The highest BCUT2D eigenvalue weighted by Crippen LogP contribution is 2.00. The van der Waals surface area contributed by atoms with Gasteiger partial charge in [0.1, 0.15) is 0 Å². The summed E-state index contributed by atoms with van der Waals surface area (Å²) >= 11 is 0. The third kappa shape index (κ3) is 2.36. The Morgan fingerprint density at radius 1 is 1.58 bits per heavy atom. The quantitative estimate of drug-likeness (QED) is 0.675. The fourth-order valence-electron chi connectivity index (χ4n) is 1.19. The van der Waals surface area contributed by atoms with Crippen LogP contribution in [-0.2, 0) is 13.1 Å². The third-order valence-electron chi connectivity index (χ3n) is 1.82. The number of aliphatic hydroxyl groups excluding tert-OH is 1. The van der Waals surface area contributed by atoms with Crippen LogP contribution in [0, 0.1) is 0 Å². The molecule has 0 saturated carbocycles. The Balaban J connectivity index is 2.51. The van der Waals surface area contributed by atoms with Crippen molar-refractivity contribution in [2.24, 2.45) is 0 Å². The SMILES string of the molecule is CCNCc1cccn1CCO. The van der Waals surface area contributed by atoms with E-state index in [9.17, 15) is 0 Å². The fraction of sp³-hybridized carbons (Fsp3) is 0.556. The first-order valence-electron chi connectivity index (χ1n) is 4.34. The molecule has 0 saturated heterocycles. The van der Waals surface area contributed by atoms with Crippen molar-refractivity contribution in [1.82, 2.24) is 9.88 Å². The molecule has 3 heteroatoms. The average Bonchev–Trinajstić information content (AvgIpc) is 2.50. The van der Waals surface area contributed by atoms with Crippen LogP contribution in [-0.4, -0.2) is 22.8 Å². The Labute approximate surface area is 73.0 Å². The Hall–Kier alpha value is -0.800. The van der Waals surface area contributed by atoms with Gasteiger partial charge in [-0.05, 0) is 18.7 Å². The number of aromatic nitrogens is 1. The summed E-state index contributed by atoms with van der Waals surface area (Å²) < 4.78 is 2.06. The molecule has 12 heavy (non-hydrogen) atoms. The lowest BCUT2D eigenvalue weighted by molar-refractivity contribution is 0.274. The van der Waals surface area contributed by atoms with Crippen LogP contribution in [0.4, 0.5) is 0 Å². The molecule has 0 fully saturated rings. The second-order valence-corrected chi connectivity index (χ2v) is 2.70. The fourth-order valence-corrected chi connectivity index (χ4v) is 1.19. The first kappa shape index (κ1) is 9.29. The van der Waals surface area contributed by atoms with Crippen LogP contribution in [0.15, 0.2) is 18.3 Å². The lowest BCUT2D eigenvalue weighted by atomic mass is 10.4. The van der Waals surface area contributed by atoms with Gasteiger partial charge in [0, 0.05) is 25.0 Å². The minimum Gasteiger partial charge on any atom is -0.395 e. The van der Waals surface area contributed by atoms with Gasteiger partial charge >= 0.3 is 0 Å². The second-order valence-electron chi connectivity index (χ2n) is 2.70. The molecule has 0 bridgehead atoms. The molecule has 68 valence electrons. The zero-order chi connectivity index (χ0) is 8.81. The maximum Gasteiger partial charge on any atom is 0.0610 e. The van der Waals surface area contributed by atoms with Crippen molar-refractivity contribution in [3.05, 3.63) is 24.0 Å². The molecule has 0 atom stereocenters. The maximum absolute atomic E-state index is 8.75. The van der Waals surface area contributed by atoms with Crippen LogP contribution >= 0.6 is 0 Å². The smallest absolute Gasteiger partial charge is 0.0610 e. The minimum atomic E-state index is 0.202. The Morgan fingerprint density at radius 2 is 2.42 bits per heavy atom. The van der Waals surface area contributed by atoms with E-state index in [4.69, 9.17) is 5.11 Å². The van der Waals surface area contributed by atoms with E-state index >= 15 is 0 Å². The van der Waals surface area contributed by atoms with Gasteiger partial charge in [-0.1, -0.05) is 6.92 Å². The van der Waals surface area contributed by atoms with Gasteiger partial charge in [-0.25, -0.2) is 0 Å². The summed E-state index contributed by atoms with van der Waals surface area (Å²) in [5.74, 6) is 0. The molecule has 0 amide bonds. The largest absolute Gasteiger partial charge is 0.395 e. The van der Waals surface area contributed by atoms with E-state index in [-0.39, 0.29) is 6.61 Å². The van der Waals surface area contributed by atoms with Crippen molar-refractivity contribution in [2.75, 3.05) is 13.2 Å². The van der Waals surface area contributed by atoms with E-state index in [1.165, 1.54) is 5.69 Å². The van der Waals surface area contributed by atoms with Crippen LogP contribution in [0.25, 0.3) is 0 Å². The molecule has 0 aromatic carbocycles. The van der Waals surface area contributed by atoms with Gasteiger partial charge in [0.05, 0.1) is 6.61 Å². The van der Waals surface area contributed by atoms with Crippen LogP contribution in [0.2, 0.25) is 0 Å². The number of hydrogen-bond acceptors (Lipinski definition) is 2. The van der Waals surface area contributed by atoms with Crippen LogP contribution < -0.4 is 5.32 Å². The molecule has 2 N–H and O–H groups in total. The van der Waals surface area contributed by atoms with E-state index in [1.54, 1.807) is 0 Å². The molecule has 0 aliphatic rings. The van der Waals surface area contributed by atoms with Gasteiger partial charge in [0.2, 0.25) is 0 Å². The van der Waals surface area contributed by atoms with Crippen molar-refractivity contribution in [3.8, 4) is 0 Å². The number of nitrogens with zero attached hydrogens (tertiary/aromatic N) is 1. The molecule has 0 aliphatic heterocycles. The molecule has 0 spiro atoms. The Kier molecular flexibility index (Phi) is 3.84. The van der Waals surface area contributed by atoms with E-state index in [0.717, 1.165) is 13.1 Å². The highest BCUT2D eigenvalue weighted by Gasteiger charge is 1.97. The van der Waals surface area contributed by atoms with E-state index in [0.29, 0.717) is 6.54 Å². The molecule has 1 rings (SSSR count). The lowest BCUT2D eigenvalue weighted by Gasteiger charge is -2.07. The van der Waals surface area contributed by atoms with Crippen molar-refractivity contribution < 1.29 is 5.11 Å². The summed E-state index contributed by atoms with van der Waals surface area (Å²) in [6.45, 7) is 4.83. The van der Waals surface area contributed by atoms with Gasteiger partial charge < -0.3 is 15.0 Å². The first-order valence-corrected chi connectivity index (χ1v) is 4.34. The van der Waals surface area contributed by atoms with Gasteiger partial charge in [-0.15, -0.1) is 0 Å². The Bertz CT molecular complexity index is 220. The van der Waals surface area contributed by atoms with E-state index < -0.39 is 0 Å². The summed E-state index contributed by atoms with van der Waals surface area (Å²) in [5, 5.41) is 12.0. The van der Waals surface area contributed by atoms with E-state index in [1.807, 2.05) is 12.3 Å². The predicted molar refractivity (Wildman–Crippen MR) is 48.9 cm³/mol. The summed E-state index contributed by atoms with van der Waals surface area (Å²) in [4.78, 5) is 0. The third-order valence-corrected chi connectivity index (χ3v) is 1.82. The molecule has 0 aliphatic carbocycles. The molecular weight excluding hydrogens is 152 g/mol. The number of hydrogen-bond donors (Lipinski definition) is 2. The summed E-state index contributed by atoms with van der Waals surface area (Å²) in [7, 11) is 0. The minimum absolute atomic E-state index is 0.202. The number of rotatable bonds is 5. The average molecular weight is 168 g/mol. The van der Waals surface area contributed by atoms with Gasteiger partial charge in [-0.3, -0.25) is 0 Å². The highest BCUT2D eigenvalue weighted by molar-refractivity contribution is 5.06. The Morgan fingerprint density at radius 3 is 3.08 bits per heavy atom. The van der Waals surface area contributed by atoms with Gasteiger partial charge in [-0.2, -0.15) is 0 Å². The maximum atomic E-state index is 8.75. The first-order chi connectivity index (χ1) is 5.88. The summed E-state index contributed by atoms with van der Waals surface area (Å²) in [6, 6.07) is 4.07. The molecule has 1 heterocycles. The standard InChI is InChI=1S/C9H16N2O/c1-2-10-8-9-4-3-5-11(9)6-7-12/h3-5,10,12H,2,6-8H2,1H3. The van der Waals surface area contributed by atoms with E-state index in [2.05, 4.69) is 22.9 Å².